The van der Waals surface area contributed by atoms with Gasteiger partial charge in [-0.3, -0.25) is 14.6 Å². The van der Waals surface area contributed by atoms with Gasteiger partial charge in [0, 0.05) is 61.5 Å². The molecule has 36 heavy (non-hydrogen) atoms. The second-order valence-electron chi connectivity index (χ2n) is 9.79. The fraction of sp³-hybridized carbons (Fsp3) is 0.444. The predicted octanol–water partition coefficient (Wildman–Crippen LogP) is 5.44. The number of piperidine rings is 1. The van der Waals surface area contributed by atoms with Gasteiger partial charge in [0.1, 0.15) is 0 Å². The van der Waals surface area contributed by atoms with Gasteiger partial charge >= 0.3 is 12.1 Å². The van der Waals surface area contributed by atoms with Crippen molar-refractivity contribution in [2.24, 2.45) is 13.0 Å². The van der Waals surface area contributed by atoms with E-state index in [0.29, 0.717) is 49.0 Å². The highest BCUT2D eigenvalue weighted by Gasteiger charge is 2.32. The maximum Gasteiger partial charge on any atom is 0.416 e. The minimum absolute atomic E-state index is 0.0761. The molecule has 4 rings (SSSR count). The van der Waals surface area contributed by atoms with E-state index >= 15 is 0 Å². The average Bonchev–Trinajstić information content (AvgIpc) is 3.12. The van der Waals surface area contributed by atoms with Crippen molar-refractivity contribution in [2.45, 2.75) is 52.6 Å². The maximum absolute atomic E-state index is 13.4. The third-order valence-electron chi connectivity index (χ3n) is 7.43. The molecule has 0 radical (unpaired) electrons. The average molecular weight is 502 g/mol. The fourth-order valence-corrected chi connectivity index (χ4v) is 5.18. The molecule has 1 aliphatic heterocycles. The number of carboxylic acid groups (broad SMARTS) is 1. The SMILES string of the molecule is Cc1ncc(C(=O)N2CCC(CC(=O)O)CC2)c(C)c1Cc1cc2c(C)cc(C(F)(F)F)cc2n1C. The maximum atomic E-state index is 13.4. The van der Waals surface area contributed by atoms with Crippen LogP contribution in [0.5, 0.6) is 0 Å². The zero-order chi connectivity index (χ0) is 26.4. The van der Waals surface area contributed by atoms with Crippen LogP contribution < -0.4 is 0 Å². The lowest BCUT2D eigenvalue weighted by Gasteiger charge is -2.32. The van der Waals surface area contributed by atoms with Crippen molar-refractivity contribution >= 4 is 22.8 Å². The number of hydrogen-bond acceptors (Lipinski definition) is 3. The third-order valence-corrected chi connectivity index (χ3v) is 7.43. The number of carboxylic acids is 1. The number of rotatable bonds is 5. The number of nitrogens with zero attached hydrogens (tertiary/aromatic N) is 3. The number of carbonyl (C=O) groups excluding carboxylic acids is 1. The molecule has 0 unspecified atom stereocenters. The van der Waals surface area contributed by atoms with E-state index in [-0.39, 0.29) is 18.2 Å². The zero-order valence-electron chi connectivity index (χ0n) is 20.9. The molecule has 192 valence electrons. The van der Waals surface area contributed by atoms with Crippen molar-refractivity contribution < 1.29 is 27.9 Å². The highest BCUT2D eigenvalue weighted by atomic mass is 19.4. The lowest BCUT2D eigenvalue weighted by Crippen LogP contribution is -2.39. The number of hydrogen-bond donors (Lipinski definition) is 1. The molecule has 1 aromatic carbocycles. The van der Waals surface area contributed by atoms with Gasteiger partial charge in [-0.2, -0.15) is 13.2 Å². The Labute approximate surface area is 207 Å². The molecule has 0 saturated carbocycles. The number of likely N-dealkylation sites (tertiary alicyclic amines) is 1. The first-order chi connectivity index (χ1) is 16.9. The Morgan fingerprint density at radius 3 is 2.39 bits per heavy atom. The van der Waals surface area contributed by atoms with Crippen molar-refractivity contribution in [3.63, 3.8) is 0 Å². The molecule has 1 saturated heterocycles. The molecule has 3 aromatic rings. The van der Waals surface area contributed by atoms with Gasteiger partial charge < -0.3 is 14.6 Å². The molecule has 1 N–H and O–H groups in total. The van der Waals surface area contributed by atoms with Gasteiger partial charge in [-0.1, -0.05) is 0 Å². The topological polar surface area (TPSA) is 75.4 Å². The van der Waals surface area contributed by atoms with Gasteiger partial charge in [0.25, 0.3) is 5.91 Å². The van der Waals surface area contributed by atoms with Gasteiger partial charge in [-0.25, -0.2) is 0 Å². The molecule has 0 bridgehead atoms. The summed E-state index contributed by atoms with van der Waals surface area (Å²) in [6, 6.07) is 4.26. The summed E-state index contributed by atoms with van der Waals surface area (Å²) in [7, 11) is 1.76. The van der Waals surface area contributed by atoms with Gasteiger partial charge in [0.2, 0.25) is 0 Å². The monoisotopic (exact) mass is 501 g/mol. The summed E-state index contributed by atoms with van der Waals surface area (Å²) in [5.41, 5.74) is 4.18. The van der Waals surface area contributed by atoms with E-state index in [1.165, 1.54) is 12.1 Å². The first kappa shape index (κ1) is 25.7. The number of pyridine rings is 1. The van der Waals surface area contributed by atoms with Crippen molar-refractivity contribution in [1.29, 1.82) is 0 Å². The largest absolute Gasteiger partial charge is 0.481 e. The van der Waals surface area contributed by atoms with Gasteiger partial charge in [-0.05, 0) is 74.4 Å². The molecular formula is C27H30F3N3O3. The molecule has 0 atom stereocenters. The number of carbonyl (C=O) groups is 2. The molecular weight excluding hydrogens is 471 g/mol. The Morgan fingerprint density at radius 1 is 1.11 bits per heavy atom. The summed E-state index contributed by atoms with van der Waals surface area (Å²) in [4.78, 5) is 30.5. The van der Waals surface area contributed by atoms with E-state index < -0.39 is 17.7 Å². The predicted molar refractivity (Wildman–Crippen MR) is 130 cm³/mol. The van der Waals surface area contributed by atoms with Crippen LogP contribution in [-0.2, 0) is 24.4 Å². The Morgan fingerprint density at radius 2 is 1.78 bits per heavy atom. The van der Waals surface area contributed by atoms with Crippen LogP contribution in [-0.4, -0.2) is 44.5 Å². The molecule has 2 aromatic heterocycles. The van der Waals surface area contributed by atoms with Crippen molar-refractivity contribution in [1.82, 2.24) is 14.5 Å². The van der Waals surface area contributed by atoms with Crippen LogP contribution >= 0.6 is 0 Å². The summed E-state index contributed by atoms with van der Waals surface area (Å²) < 4.78 is 41.9. The van der Waals surface area contributed by atoms with Crippen LogP contribution in [0.1, 0.15) is 63.3 Å². The van der Waals surface area contributed by atoms with Crippen LogP contribution in [0.3, 0.4) is 0 Å². The number of amides is 1. The Kier molecular flexibility index (Phi) is 6.86. The second-order valence-corrected chi connectivity index (χ2v) is 9.79. The quantitative estimate of drug-likeness (QED) is 0.506. The fourth-order valence-electron chi connectivity index (χ4n) is 5.18. The molecule has 9 heteroatoms. The van der Waals surface area contributed by atoms with E-state index in [0.717, 1.165) is 27.9 Å². The van der Waals surface area contributed by atoms with Crippen LogP contribution in [0.2, 0.25) is 0 Å². The van der Waals surface area contributed by atoms with Crippen molar-refractivity contribution in [3.8, 4) is 0 Å². The van der Waals surface area contributed by atoms with Gasteiger partial charge in [-0.15, -0.1) is 0 Å². The lowest BCUT2D eigenvalue weighted by molar-refractivity contribution is -0.139. The van der Waals surface area contributed by atoms with Crippen LogP contribution in [0.25, 0.3) is 10.9 Å². The number of aryl methyl sites for hydroxylation is 3. The smallest absolute Gasteiger partial charge is 0.416 e. The Bertz CT molecular complexity index is 1340. The first-order valence-corrected chi connectivity index (χ1v) is 12.0. The number of alkyl halides is 3. The lowest BCUT2D eigenvalue weighted by atomic mass is 9.92. The summed E-state index contributed by atoms with van der Waals surface area (Å²) in [6.07, 6.45) is -0.986. The highest BCUT2D eigenvalue weighted by molar-refractivity contribution is 5.96. The molecule has 6 nitrogen and oxygen atoms in total. The van der Waals surface area contributed by atoms with E-state index in [1.807, 2.05) is 19.9 Å². The second kappa shape index (κ2) is 9.59. The normalized spacial score (nSPS) is 15.0. The minimum Gasteiger partial charge on any atom is -0.481 e. The van der Waals surface area contributed by atoms with Crippen LogP contribution in [0.15, 0.2) is 24.4 Å². The van der Waals surface area contributed by atoms with Crippen molar-refractivity contribution in [2.75, 3.05) is 13.1 Å². The molecule has 3 heterocycles. The molecule has 0 aliphatic carbocycles. The number of aromatic nitrogens is 2. The summed E-state index contributed by atoms with van der Waals surface area (Å²) in [6.45, 7) is 6.43. The van der Waals surface area contributed by atoms with Gasteiger partial charge in [0.05, 0.1) is 11.1 Å². The Balaban J connectivity index is 1.62. The third kappa shape index (κ3) is 4.96. The molecule has 1 aliphatic rings. The van der Waals surface area contributed by atoms with Crippen LogP contribution in [0.4, 0.5) is 13.2 Å². The van der Waals surface area contributed by atoms with Crippen LogP contribution in [0, 0.1) is 26.7 Å². The molecule has 0 spiro atoms. The van der Waals surface area contributed by atoms with Crippen molar-refractivity contribution in [3.05, 3.63) is 63.6 Å². The number of aliphatic carboxylic acids is 1. The first-order valence-electron chi connectivity index (χ1n) is 12.0. The number of fused-ring (bicyclic) bond motifs is 1. The molecule has 1 amide bonds. The van der Waals surface area contributed by atoms with E-state index in [9.17, 15) is 22.8 Å². The van der Waals surface area contributed by atoms with E-state index in [4.69, 9.17) is 5.11 Å². The molecule has 1 fully saturated rings. The van der Waals surface area contributed by atoms with E-state index in [2.05, 4.69) is 4.98 Å². The zero-order valence-corrected chi connectivity index (χ0v) is 20.9. The Hall–Kier alpha value is -3.36. The minimum atomic E-state index is -4.42. The summed E-state index contributed by atoms with van der Waals surface area (Å²) in [5, 5.41) is 9.79. The highest BCUT2D eigenvalue weighted by Crippen LogP contribution is 2.35. The number of benzene rings is 1. The number of halogens is 3. The van der Waals surface area contributed by atoms with E-state index in [1.54, 1.807) is 29.6 Å². The summed E-state index contributed by atoms with van der Waals surface area (Å²) in [5.74, 6) is -0.869. The standard InChI is InChI=1S/C27H30F3N3O3/c1-15-9-19(27(28,29)30)11-24-21(15)12-20(32(24)4)13-22-16(2)23(14-31-17(22)3)26(36)33-7-5-18(6-8-33)10-25(34)35/h9,11-12,14,18H,5-8,10,13H2,1-4H3,(H,34,35). The van der Waals surface area contributed by atoms with Gasteiger partial charge in [0.15, 0.2) is 0 Å². The summed E-state index contributed by atoms with van der Waals surface area (Å²) >= 11 is 0.